The molecule has 2 N–H and O–H groups in total. The predicted octanol–water partition coefficient (Wildman–Crippen LogP) is 3.57. The van der Waals surface area contributed by atoms with Gasteiger partial charge in [0.25, 0.3) is 0 Å². The highest BCUT2D eigenvalue weighted by Gasteiger charge is 2.18. The summed E-state index contributed by atoms with van der Waals surface area (Å²) in [5, 5.41) is 0. The first-order chi connectivity index (χ1) is 8.24. The number of hydrogen-bond donors (Lipinski definition) is 1. The van der Waals surface area contributed by atoms with Gasteiger partial charge >= 0.3 is 0 Å². The zero-order chi connectivity index (χ0) is 11.8. The zero-order valence-corrected chi connectivity index (χ0v) is 11.3. The van der Waals surface area contributed by atoms with Gasteiger partial charge in [0.05, 0.1) is 11.0 Å². The molecule has 0 spiro atoms. The highest BCUT2D eigenvalue weighted by atomic mass is 79.9. The molecule has 0 bridgehead atoms. The van der Waals surface area contributed by atoms with Crippen molar-refractivity contribution in [3.8, 4) is 0 Å². The number of anilines is 1. The Hall–Kier alpha value is -1.03. The lowest BCUT2D eigenvalue weighted by atomic mass is 10.1. The number of imidazole rings is 1. The van der Waals surface area contributed by atoms with E-state index in [0.29, 0.717) is 5.95 Å². The third-order valence-corrected chi connectivity index (χ3v) is 4.15. The van der Waals surface area contributed by atoms with Crippen LogP contribution >= 0.6 is 15.9 Å². The van der Waals surface area contributed by atoms with E-state index < -0.39 is 0 Å². The van der Waals surface area contributed by atoms with Crippen molar-refractivity contribution in [2.45, 2.75) is 32.2 Å². The molecule has 1 heterocycles. The lowest BCUT2D eigenvalue weighted by molar-refractivity contribution is 0.468. The molecular formula is C13H16BrN3. The molecule has 1 aliphatic carbocycles. The van der Waals surface area contributed by atoms with Gasteiger partial charge in [0.15, 0.2) is 0 Å². The second kappa shape index (κ2) is 4.33. The van der Waals surface area contributed by atoms with Gasteiger partial charge in [-0.25, -0.2) is 4.98 Å². The van der Waals surface area contributed by atoms with Crippen molar-refractivity contribution in [1.82, 2.24) is 9.55 Å². The fourth-order valence-electron chi connectivity index (χ4n) is 2.76. The van der Waals surface area contributed by atoms with Crippen LogP contribution in [0, 0.1) is 5.92 Å². The van der Waals surface area contributed by atoms with Crippen LogP contribution in [0.25, 0.3) is 11.0 Å². The minimum absolute atomic E-state index is 0.644. The molecule has 0 unspecified atom stereocenters. The average Bonchev–Trinajstić information content (AvgIpc) is 2.90. The Morgan fingerprint density at radius 1 is 1.35 bits per heavy atom. The maximum absolute atomic E-state index is 6.02. The third kappa shape index (κ3) is 2.06. The summed E-state index contributed by atoms with van der Waals surface area (Å²) in [6.45, 7) is 1.01. The summed E-state index contributed by atoms with van der Waals surface area (Å²) in [6, 6.07) is 6.13. The predicted molar refractivity (Wildman–Crippen MR) is 73.8 cm³/mol. The highest BCUT2D eigenvalue weighted by molar-refractivity contribution is 9.10. The SMILES string of the molecule is Nc1nc2ccc(Br)cc2n1CC1CCCC1. The van der Waals surface area contributed by atoms with Gasteiger partial charge in [-0.05, 0) is 37.0 Å². The van der Waals surface area contributed by atoms with Crippen molar-refractivity contribution in [2.75, 3.05) is 5.73 Å². The van der Waals surface area contributed by atoms with Gasteiger partial charge in [0.2, 0.25) is 5.95 Å². The van der Waals surface area contributed by atoms with E-state index in [9.17, 15) is 0 Å². The van der Waals surface area contributed by atoms with Gasteiger partial charge in [-0.2, -0.15) is 0 Å². The average molecular weight is 294 g/mol. The van der Waals surface area contributed by atoms with Gasteiger partial charge < -0.3 is 10.3 Å². The number of nitrogens with zero attached hydrogens (tertiary/aromatic N) is 2. The van der Waals surface area contributed by atoms with Gasteiger partial charge in [-0.15, -0.1) is 0 Å². The second-order valence-electron chi connectivity index (χ2n) is 4.86. The van der Waals surface area contributed by atoms with Crippen molar-refractivity contribution < 1.29 is 0 Å². The van der Waals surface area contributed by atoms with E-state index in [1.807, 2.05) is 12.1 Å². The smallest absolute Gasteiger partial charge is 0.201 e. The van der Waals surface area contributed by atoms with E-state index in [0.717, 1.165) is 28.0 Å². The van der Waals surface area contributed by atoms with E-state index in [-0.39, 0.29) is 0 Å². The maximum Gasteiger partial charge on any atom is 0.201 e. The van der Waals surface area contributed by atoms with Crippen molar-refractivity contribution in [1.29, 1.82) is 0 Å². The fraction of sp³-hybridized carbons (Fsp3) is 0.462. The van der Waals surface area contributed by atoms with Crippen LogP contribution in [0.2, 0.25) is 0 Å². The Balaban J connectivity index is 2.01. The van der Waals surface area contributed by atoms with Crippen LogP contribution < -0.4 is 5.73 Å². The quantitative estimate of drug-likeness (QED) is 0.920. The van der Waals surface area contributed by atoms with E-state index >= 15 is 0 Å². The largest absolute Gasteiger partial charge is 0.369 e. The Bertz CT molecular complexity index is 541. The highest BCUT2D eigenvalue weighted by Crippen LogP contribution is 2.29. The van der Waals surface area contributed by atoms with Crippen LogP contribution in [-0.4, -0.2) is 9.55 Å². The molecule has 3 nitrogen and oxygen atoms in total. The molecule has 90 valence electrons. The number of nitrogen functional groups attached to an aromatic ring is 1. The van der Waals surface area contributed by atoms with Crippen molar-refractivity contribution in [3.63, 3.8) is 0 Å². The number of rotatable bonds is 2. The van der Waals surface area contributed by atoms with E-state index in [1.54, 1.807) is 0 Å². The minimum Gasteiger partial charge on any atom is -0.369 e. The number of hydrogen-bond acceptors (Lipinski definition) is 2. The molecule has 4 heteroatoms. The van der Waals surface area contributed by atoms with E-state index in [4.69, 9.17) is 5.73 Å². The van der Waals surface area contributed by atoms with Gasteiger partial charge in [-0.1, -0.05) is 28.8 Å². The van der Waals surface area contributed by atoms with Gasteiger partial charge in [-0.3, -0.25) is 0 Å². The summed E-state index contributed by atoms with van der Waals surface area (Å²) in [7, 11) is 0. The van der Waals surface area contributed by atoms with Crippen molar-refractivity contribution in [2.24, 2.45) is 5.92 Å². The zero-order valence-electron chi connectivity index (χ0n) is 9.69. The van der Waals surface area contributed by atoms with Crippen LogP contribution in [0.1, 0.15) is 25.7 Å². The first kappa shape index (κ1) is 11.1. The lowest BCUT2D eigenvalue weighted by Gasteiger charge is -2.12. The molecule has 3 rings (SSSR count). The van der Waals surface area contributed by atoms with Crippen molar-refractivity contribution in [3.05, 3.63) is 22.7 Å². The molecule has 2 aromatic rings. The summed E-state index contributed by atoms with van der Waals surface area (Å²) in [6.07, 6.45) is 5.38. The monoisotopic (exact) mass is 293 g/mol. The topological polar surface area (TPSA) is 43.8 Å². The summed E-state index contributed by atoms with van der Waals surface area (Å²) < 4.78 is 3.24. The van der Waals surface area contributed by atoms with Crippen LogP contribution in [-0.2, 0) is 6.54 Å². The molecule has 1 saturated carbocycles. The first-order valence-corrected chi connectivity index (χ1v) is 6.94. The van der Waals surface area contributed by atoms with Crippen LogP contribution in [0.4, 0.5) is 5.95 Å². The number of nitrogens with two attached hydrogens (primary N) is 1. The molecule has 1 aliphatic rings. The first-order valence-electron chi connectivity index (χ1n) is 6.15. The molecule has 0 radical (unpaired) electrons. The fourth-order valence-corrected chi connectivity index (χ4v) is 3.11. The molecule has 1 aromatic heterocycles. The summed E-state index contributed by atoms with van der Waals surface area (Å²) in [4.78, 5) is 4.42. The summed E-state index contributed by atoms with van der Waals surface area (Å²) in [5.74, 6) is 1.42. The van der Waals surface area contributed by atoms with E-state index in [2.05, 4.69) is 31.5 Å². The van der Waals surface area contributed by atoms with Crippen molar-refractivity contribution >= 4 is 32.9 Å². The Labute approximate surface area is 109 Å². The number of halogens is 1. The van der Waals surface area contributed by atoms with Gasteiger partial charge in [0, 0.05) is 11.0 Å². The van der Waals surface area contributed by atoms with Crippen LogP contribution in [0.3, 0.4) is 0 Å². The number of fused-ring (bicyclic) bond motifs is 1. The Morgan fingerprint density at radius 3 is 2.88 bits per heavy atom. The standard InChI is InChI=1S/C13H16BrN3/c14-10-5-6-11-12(7-10)17(13(15)16-11)8-9-3-1-2-4-9/h5-7,9H,1-4,8H2,(H2,15,16). The Morgan fingerprint density at radius 2 is 2.12 bits per heavy atom. The lowest BCUT2D eigenvalue weighted by Crippen LogP contribution is -2.10. The minimum atomic E-state index is 0.644. The van der Waals surface area contributed by atoms with Crippen LogP contribution in [0.5, 0.6) is 0 Å². The number of benzene rings is 1. The molecule has 1 fully saturated rings. The Kier molecular flexibility index (Phi) is 2.82. The molecule has 0 saturated heterocycles. The van der Waals surface area contributed by atoms with Crippen LogP contribution in [0.15, 0.2) is 22.7 Å². The molecular weight excluding hydrogens is 278 g/mol. The van der Waals surface area contributed by atoms with Gasteiger partial charge in [0.1, 0.15) is 0 Å². The van der Waals surface area contributed by atoms with E-state index in [1.165, 1.54) is 25.7 Å². The maximum atomic E-state index is 6.02. The molecule has 0 atom stereocenters. The normalized spacial score (nSPS) is 17.0. The number of aromatic nitrogens is 2. The molecule has 0 amide bonds. The summed E-state index contributed by atoms with van der Waals surface area (Å²) >= 11 is 3.51. The molecule has 1 aromatic carbocycles. The third-order valence-electron chi connectivity index (χ3n) is 3.66. The molecule has 0 aliphatic heterocycles. The second-order valence-corrected chi connectivity index (χ2v) is 5.78. The summed E-state index contributed by atoms with van der Waals surface area (Å²) in [5.41, 5.74) is 8.15. The molecule has 17 heavy (non-hydrogen) atoms.